The standard InChI is InChI=1S/C16H21FN2O3/c1-18-7-8-22-15-5-6-19(10-13(15)18)16(20)12-9-11(17)3-4-14(12)21-2/h3-4,9,13,15H,5-8,10H2,1-2H3/t13-,15-/m0/s1. The molecule has 22 heavy (non-hydrogen) atoms. The predicted octanol–water partition coefficient (Wildman–Crippen LogP) is 1.38. The number of likely N-dealkylation sites (tertiary alicyclic amines) is 1. The van der Waals surface area contributed by atoms with Crippen molar-refractivity contribution < 1.29 is 18.7 Å². The number of hydrogen-bond donors (Lipinski definition) is 0. The molecule has 1 aromatic carbocycles. The number of amides is 1. The van der Waals surface area contributed by atoms with E-state index in [4.69, 9.17) is 9.47 Å². The van der Waals surface area contributed by atoms with Crippen molar-refractivity contribution in [2.24, 2.45) is 0 Å². The van der Waals surface area contributed by atoms with Crippen LogP contribution in [0, 0.1) is 5.82 Å². The molecule has 5 nitrogen and oxygen atoms in total. The molecule has 0 aliphatic carbocycles. The number of carbonyl (C=O) groups excluding carboxylic acids is 1. The van der Waals surface area contributed by atoms with Crippen LogP contribution in [-0.4, -0.2) is 68.3 Å². The van der Waals surface area contributed by atoms with E-state index < -0.39 is 5.82 Å². The third-order valence-corrected chi connectivity index (χ3v) is 4.54. The molecule has 2 aliphatic heterocycles. The summed E-state index contributed by atoms with van der Waals surface area (Å²) >= 11 is 0. The van der Waals surface area contributed by atoms with Crippen molar-refractivity contribution in [1.29, 1.82) is 0 Å². The summed E-state index contributed by atoms with van der Waals surface area (Å²) in [7, 11) is 3.54. The largest absolute Gasteiger partial charge is 0.496 e. The minimum absolute atomic E-state index is 0.178. The van der Waals surface area contributed by atoms with Gasteiger partial charge in [-0.1, -0.05) is 0 Å². The van der Waals surface area contributed by atoms with Gasteiger partial charge in [0.05, 0.1) is 31.4 Å². The van der Waals surface area contributed by atoms with Crippen molar-refractivity contribution in [2.75, 3.05) is 40.4 Å². The van der Waals surface area contributed by atoms with E-state index in [0.29, 0.717) is 18.8 Å². The second-order valence-electron chi connectivity index (χ2n) is 5.84. The Kier molecular flexibility index (Phi) is 4.31. The fourth-order valence-corrected chi connectivity index (χ4v) is 3.24. The molecule has 0 unspecified atom stereocenters. The van der Waals surface area contributed by atoms with E-state index in [-0.39, 0.29) is 23.6 Å². The van der Waals surface area contributed by atoms with Crippen LogP contribution in [0.1, 0.15) is 16.8 Å². The van der Waals surface area contributed by atoms with E-state index in [9.17, 15) is 9.18 Å². The summed E-state index contributed by atoms with van der Waals surface area (Å²) in [5, 5.41) is 0. The Morgan fingerprint density at radius 1 is 1.41 bits per heavy atom. The third kappa shape index (κ3) is 2.80. The van der Waals surface area contributed by atoms with E-state index in [1.165, 1.54) is 25.3 Å². The van der Waals surface area contributed by atoms with Gasteiger partial charge in [-0.2, -0.15) is 0 Å². The van der Waals surface area contributed by atoms with E-state index in [2.05, 4.69) is 11.9 Å². The third-order valence-electron chi connectivity index (χ3n) is 4.54. The molecule has 0 N–H and O–H groups in total. The highest BCUT2D eigenvalue weighted by molar-refractivity contribution is 5.97. The lowest BCUT2D eigenvalue weighted by atomic mass is 9.98. The minimum atomic E-state index is -0.433. The molecular formula is C16H21FN2O3. The summed E-state index contributed by atoms with van der Waals surface area (Å²) in [4.78, 5) is 16.7. The van der Waals surface area contributed by atoms with E-state index in [0.717, 1.165) is 19.6 Å². The van der Waals surface area contributed by atoms with Gasteiger partial charge in [-0.15, -0.1) is 0 Å². The molecule has 0 saturated carbocycles. The molecule has 1 amide bonds. The second-order valence-corrected chi connectivity index (χ2v) is 5.84. The predicted molar refractivity (Wildman–Crippen MR) is 79.6 cm³/mol. The molecule has 0 spiro atoms. The number of likely N-dealkylation sites (N-methyl/N-ethyl adjacent to an activating group) is 1. The van der Waals surface area contributed by atoms with Crippen molar-refractivity contribution in [3.63, 3.8) is 0 Å². The van der Waals surface area contributed by atoms with Crippen molar-refractivity contribution in [3.05, 3.63) is 29.6 Å². The molecule has 0 radical (unpaired) electrons. The number of benzene rings is 1. The molecule has 2 saturated heterocycles. The lowest BCUT2D eigenvalue weighted by Gasteiger charge is -2.45. The van der Waals surface area contributed by atoms with Gasteiger partial charge in [0.15, 0.2) is 0 Å². The SMILES string of the molecule is COc1ccc(F)cc1C(=O)N1CC[C@@H]2OCCN(C)[C@H]2C1. The maximum atomic E-state index is 13.5. The summed E-state index contributed by atoms with van der Waals surface area (Å²) in [5.41, 5.74) is 0.278. The van der Waals surface area contributed by atoms with Crippen molar-refractivity contribution >= 4 is 5.91 Å². The van der Waals surface area contributed by atoms with Gasteiger partial charge in [-0.05, 0) is 31.7 Å². The Bertz CT molecular complexity index is 566. The van der Waals surface area contributed by atoms with Crippen LogP contribution in [0.25, 0.3) is 0 Å². The van der Waals surface area contributed by atoms with Crippen LogP contribution in [0.4, 0.5) is 4.39 Å². The van der Waals surface area contributed by atoms with Gasteiger partial charge >= 0.3 is 0 Å². The number of piperidine rings is 1. The molecule has 2 aliphatic rings. The number of rotatable bonds is 2. The van der Waals surface area contributed by atoms with Crippen molar-refractivity contribution in [2.45, 2.75) is 18.6 Å². The van der Waals surface area contributed by atoms with Crippen LogP contribution in [-0.2, 0) is 4.74 Å². The number of fused-ring (bicyclic) bond motifs is 1. The first kappa shape index (κ1) is 15.2. The summed E-state index contributed by atoms with van der Waals surface area (Å²) in [6.45, 7) is 2.82. The molecular weight excluding hydrogens is 287 g/mol. The highest BCUT2D eigenvalue weighted by Crippen LogP contribution is 2.26. The summed E-state index contributed by atoms with van der Waals surface area (Å²) in [6.07, 6.45) is 0.982. The van der Waals surface area contributed by atoms with Gasteiger partial charge in [0.25, 0.3) is 5.91 Å². The van der Waals surface area contributed by atoms with Crippen LogP contribution in [0.15, 0.2) is 18.2 Å². The number of halogens is 1. The van der Waals surface area contributed by atoms with Gasteiger partial charge in [0.2, 0.25) is 0 Å². The zero-order chi connectivity index (χ0) is 15.7. The number of hydrogen-bond acceptors (Lipinski definition) is 4. The Morgan fingerprint density at radius 3 is 3.00 bits per heavy atom. The summed E-state index contributed by atoms with van der Waals surface area (Å²) in [5.74, 6) is -0.215. The molecule has 2 heterocycles. The first-order chi connectivity index (χ1) is 10.6. The van der Waals surface area contributed by atoms with Crippen LogP contribution in [0.5, 0.6) is 5.75 Å². The normalized spacial score (nSPS) is 25.7. The molecule has 1 aromatic rings. The average Bonchev–Trinajstić information content (AvgIpc) is 2.54. The van der Waals surface area contributed by atoms with Gasteiger partial charge in [-0.3, -0.25) is 9.69 Å². The maximum Gasteiger partial charge on any atom is 0.257 e. The monoisotopic (exact) mass is 308 g/mol. The molecule has 2 fully saturated rings. The van der Waals surface area contributed by atoms with Gasteiger partial charge in [0, 0.05) is 19.6 Å². The van der Waals surface area contributed by atoms with Crippen LogP contribution in [0.2, 0.25) is 0 Å². The van der Waals surface area contributed by atoms with Crippen molar-refractivity contribution in [1.82, 2.24) is 9.80 Å². The Labute approximate surface area is 129 Å². The van der Waals surface area contributed by atoms with E-state index in [1.54, 1.807) is 4.90 Å². The highest BCUT2D eigenvalue weighted by Gasteiger charge is 2.37. The van der Waals surface area contributed by atoms with Gasteiger partial charge < -0.3 is 14.4 Å². The first-order valence-corrected chi connectivity index (χ1v) is 7.55. The van der Waals surface area contributed by atoms with E-state index in [1.807, 2.05) is 0 Å². The zero-order valence-corrected chi connectivity index (χ0v) is 12.9. The molecule has 0 bridgehead atoms. The molecule has 3 rings (SSSR count). The number of morpholine rings is 1. The topological polar surface area (TPSA) is 42.0 Å². The Morgan fingerprint density at radius 2 is 2.23 bits per heavy atom. The number of ether oxygens (including phenoxy) is 2. The Hall–Kier alpha value is -1.66. The van der Waals surface area contributed by atoms with Crippen LogP contribution >= 0.6 is 0 Å². The maximum absolute atomic E-state index is 13.5. The minimum Gasteiger partial charge on any atom is -0.496 e. The molecule has 120 valence electrons. The van der Waals surface area contributed by atoms with Gasteiger partial charge in [-0.25, -0.2) is 4.39 Å². The fourth-order valence-electron chi connectivity index (χ4n) is 3.24. The molecule has 6 heteroatoms. The van der Waals surface area contributed by atoms with Gasteiger partial charge in [0.1, 0.15) is 11.6 Å². The zero-order valence-electron chi connectivity index (χ0n) is 12.9. The van der Waals surface area contributed by atoms with Crippen LogP contribution in [0.3, 0.4) is 0 Å². The van der Waals surface area contributed by atoms with Crippen molar-refractivity contribution in [3.8, 4) is 5.75 Å². The number of methoxy groups -OCH3 is 1. The summed E-state index contributed by atoms with van der Waals surface area (Å²) < 4.78 is 24.5. The average molecular weight is 308 g/mol. The Balaban J connectivity index is 1.79. The fraction of sp³-hybridized carbons (Fsp3) is 0.562. The first-order valence-electron chi connectivity index (χ1n) is 7.55. The van der Waals surface area contributed by atoms with Crippen LogP contribution < -0.4 is 4.74 Å². The summed E-state index contributed by atoms with van der Waals surface area (Å²) in [6, 6.07) is 4.23. The smallest absolute Gasteiger partial charge is 0.257 e. The lowest BCUT2D eigenvalue weighted by molar-refractivity contribution is -0.0893. The second kappa shape index (κ2) is 6.22. The number of carbonyl (C=O) groups is 1. The number of nitrogens with zero attached hydrogens (tertiary/aromatic N) is 2. The quantitative estimate of drug-likeness (QED) is 0.828. The molecule has 2 atom stereocenters. The van der Waals surface area contributed by atoms with E-state index >= 15 is 0 Å². The molecule has 0 aromatic heterocycles. The lowest BCUT2D eigenvalue weighted by Crippen LogP contribution is -2.59. The highest BCUT2D eigenvalue weighted by atomic mass is 19.1.